The number of rotatable bonds is 5. The summed E-state index contributed by atoms with van der Waals surface area (Å²) in [6.07, 6.45) is 5.62. The zero-order chi connectivity index (χ0) is 21.1. The van der Waals surface area contributed by atoms with Gasteiger partial charge in [-0.1, -0.05) is 55.1 Å². The molecule has 1 heterocycles. The van der Waals surface area contributed by atoms with Crippen molar-refractivity contribution < 1.29 is 9.53 Å². The van der Waals surface area contributed by atoms with E-state index >= 15 is 0 Å². The van der Waals surface area contributed by atoms with E-state index in [9.17, 15) is 4.79 Å². The monoisotopic (exact) mass is 427 g/mol. The van der Waals surface area contributed by atoms with Gasteiger partial charge in [0.1, 0.15) is 6.10 Å². The van der Waals surface area contributed by atoms with Crippen molar-refractivity contribution in [3.05, 3.63) is 64.2 Å². The Hall–Kier alpha value is -2.08. The van der Waals surface area contributed by atoms with Crippen LogP contribution in [0.25, 0.3) is 0 Å². The van der Waals surface area contributed by atoms with E-state index in [-0.39, 0.29) is 24.5 Å². The van der Waals surface area contributed by atoms with Gasteiger partial charge in [0.2, 0.25) is 5.91 Å². The largest absolute Gasteiger partial charge is 0.370 e. The van der Waals surface area contributed by atoms with E-state index in [0.29, 0.717) is 24.2 Å². The predicted molar refractivity (Wildman–Crippen MR) is 121 cm³/mol. The van der Waals surface area contributed by atoms with Crippen LogP contribution in [-0.2, 0) is 16.1 Å². The fourth-order valence-electron chi connectivity index (χ4n) is 4.84. The van der Waals surface area contributed by atoms with Gasteiger partial charge in [-0.25, -0.2) is 0 Å². The summed E-state index contributed by atoms with van der Waals surface area (Å²) in [5.41, 5.74) is 15.7. The number of nitrogens with zero attached hydrogens (tertiary/aromatic N) is 1. The maximum absolute atomic E-state index is 11.8. The van der Waals surface area contributed by atoms with Crippen molar-refractivity contribution in [1.82, 2.24) is 0 Å². The second-order valence-corrected chi connectivity index (χ2v) is 8.84. The number of hydrogen-bond donors (Lipinski definition) is 2. The third-order valence-electron chi connectivity index (χ3n) is 6.24. The van der Waals surface area contributed by atoms with Gasteiger partial charge in [-0.05, 0) is 42.2 Å². The molecular weight excluding hydrogens is 398 g/mol. The van der Waals surface area contributed by atoms with Crippen LogP contribution in [0, 0.1) is 0 Å². The Labute approximate surface area is 183 Å². The van der Waals surface area contributed by atoms with Gasteiger partial charge in [0, 0.05) is 35.4 Å². The van der Waals surface area contributed by atoms with Gasteiger partial charge < -0.3 is 21.1 Å². The highest BCUT2D eigenvalue weighted by molar-refractivity contribution is 6.30. The highest BCUT2D eigenvalue weighted by atomic mass is 35.5. The quantitative estimate of drug-likeness (QED) is 0.745. The molecule has 1 amide bonds. The number of hydrogen-bond acceptors (Lipinski definition) is 4. The highest BCUT2D eigenvalue weighted by Gasteiger charge is 2.34. The summed E-state index contributed by atoms with van der Waals surface area (Å²) < 4.78 is 6.57. The average Bonchev–Trinajstić information content (AvgIpc) is 2.91. The van der Waals surface area contributed by atoms with Crippen LogP contribution >= 0.6 is 11.6 Å². The predicted octanol–water partition coefficient (Wildman–Crippen LogP) is 4.30. The van der Waals surface area contributed by atoms with Crippen molar-refractivity contribution in [2.45, 2.75) is 63.3 Å². The minimum Gasteiger partial charge on any atom is -0.370 e. The Morgan fingerprint density at radius 3 is 2.67 bits per heavy atom. The number of ether oxygens (including phenoxy) is 1. The lowest BCUT2D eigenvalue weighted by molar-refractivity contribution is -0.121. The van der Waals surface area contributed by atoms with Gasteiger partial charge in [0.25, 0.3) is 0 Å². The molecule has 2 aromatic carbocycles. The lowest BCUT2D eigenvalue weighted by Crippen LogP contribution is -2.42. The first-order chi connectivity index (χ1) is 14.5. The molecule has 0 bridgehead atoms. The van der Waals surface area contributed by atoms with Crippen LogP contribution in [-0.4, -0.2) is 24.6 Å². The number of carbonyl (C=O) groups excluding carboxylic acids is 1. The number of anilines is 1. The third kappa shape index (κ3) is 4.64. The first-order valence-electron chi connectivity index (χ1n) is 10.8. The van der Waals surface area contributed by atoms with Crippen molar-refractivity contribution in [2.24, 2.45) is 11.5 Å². The number of benzene rings is 2. The van der Waals surface area contributed by atoms with Gasteiger partial charge in [0.15, 0.2) is 0 Å². The summed E-state index contributed by atoms with van der Waals surface area (Å²) in [7, 11) is 0. The van der Waals surface area contributed by atoms with Crippen LogP contribution in [0.2, 0.25) is 5.02 Å². The van der Waals surface area contributed by atoms with Gasteiger partial charge in [-0.3, -0.25) is 4.79 Å². The van der Waals surface area contributed by atoms with Crippen molar-refractivity contribution in [2.75, 3.05) is 11.4 Å². The Kier molecular flexibility index (Phi) is 6.61. The fraction of sp³-hybridized carbons (Fsp3) is 0.458. The van der Waals surface area contributed by atoms with E-state index in [1.54, 1.807) is 0 Å². The maximum Gasteiger partial charge on any atom is 0.220 e. The SMILES string of the molecule is NCc1cccc(C2OC(CC(N)=O)CN(C3CCCCC3)c3ccc(Cl)cc32)c1. The molecule has 2 aliphatic rings. The standard InChI is InChI=1S/C24H30ClN3O2/c25-18-9-10-22-21(12-18)24(17-6-4-5-16(11-17)14-26)30-20(13-23(27)29)15-28(22)19-7-2-1-3-8-19/h4-6,9-12,19-20,24H,1-3,7-8,13-15,26H2,(H2,27,29). The Bertz CT molecular complexity index is 898. The third-order valence-corrected chi connectivity index (χ3v) is 6.48. The normalized spacial score (nSPS) is 22.4. The average molecular weight is 428 g/mol. The molecule has 6 heteroatoms. The molecule has 5 nitrogen and oxygen atoms in total. The van der Waals surface area contributed by atoms with Gasteiger partial charge in [-0.2, -0.15) is 0 Å². The van der Waals surface area contributed by atoms with Crippen LogP contribution in [0.4, 0.5) is 5.69 Å². The fourth-order valence-corrected chi connectivity index (χ4v) is 5.02. The van der Waals surface area contributed by atoms with Crippen molar-refractivity contribution in [3.63, 3.8) is 0 Å². The first-order valence-corrected chi connectivity index (χ1v) is 11.2. The summed E-state index contributed by atoms with van der Waals surface area (Å²) in [6.45, 7) is 1.11. The number of amides is 1. The summed E-state index contributed by atoms with van der Waals surface area (Å²) in [6, 6.07) is 14.6. The molecular formula is C24H30ClN3O2. The molecule has 4 rings (SSSR count). The molecule has 1 saturated carbocycles. The molecule has 2 atom stereocenters. The number of nitrogens with two attached hydrogens (primary N) is 2. The Morgan fingerprint density at radius 2 is 1.93 bits per heavy atom. The molecule has 2 unspecified atom stereocenters. The summed E-state index contributed by atoms with van der Waals surface area (Å²) in [5, 5.41) is 0.675. The smallest absolute Gasteiger partial charge is 0.220 e. The van der Waals surface area contributed by atoms with E-state index in [4.69, 9.17) is 27.8 Å². The van der Waals surface area contributed by atoms with E-state index in [1.807, 2.05) is 30.3 Å². The molecule has 1 aliphatic carbocycles. The minimum atomic E-state index is -0.345. The van der Waals surface area contributed by atoms with Gasteiger partial charge >= 0.3 is 0 Å². The Morgan fingerprint density at radius 1 is 1.13 bits per heavy atom. The van der Waals surface area contributed by atoms with E-state index in [2.05, 4.69) is 17.0 Å². The van der Waals surface area contributed by atoms with Crippen LogP contribution in [0.15, 0.2) is 42.5 Å². The molecule has 1 aliphatic heterocycles. The summed E-state index contributed by atoms with van der Waals surface area (Å²) in [5.74, 6) is -0.345. The van der Waals surface area contributed by atoms with Gasteiger partial charge in [-0.15, -0.1) is 0 Å². The number of primary amides is 1. The second kappa shape index (κ2) is 9.38. The molecule has 4 N–H and O–H groups in total. The number of fused-ring (bicyclic) bond motifs is 1. The number of halogens is 1. The molecule has 0 radical (unpaired) electrons. The maximum atomic E-state index is 11.8. The lowest BCUT2D eigenvalue weighted by Gasteiger charge is -2.37. The van der Waals surface area contributed by atoms with Crippen LogP contribution in [0.5, 0.6) is 0 Å². The second-order valence-electron chi connectivity index (χ2n) is 8.41. The van der Waals surface area contributed by atoms with Crippen molar-refractivity contribution in [1.29, 1.82) is 0 Å². The van der Waals surface area contributed by atoms with Crippen LogP contribution in [0.1, 0.15) is 61.3 Å². The minimum absolute atomic E-state index is 0.192. The van der Waals surface area contributed by atoms with Gasteiger partial charge in [0.05, 0.1) is 12.5 Å². The molecule has 160 valence electrons. The Balaban J connectivity index is 1.81. The van der Waals surface area contributed by atoms with E-state index in [0.717, 1.165) is 35.2 Å². The molecule has 0 saturated heterocycles. The zero-order valence-electron chi connectivity index (χ0n) is 17.2. The van der Waals surface area contributed by atoms with Crippen molar-refractivity contribution in [3.8, 4) is 0 Å². The molecule has 2 aromatic rings. The van der Waals surface area contributed by atoms with Crippen LogP contribution in [0.3, 0.4) is 0 Å². The molecule has 0 aromatic heterocycles. The van der Waals surface area contributed by atoms with Crippen LogP contribution < -0.4 is 16.4 Å². The molecule has 1 fully saturated rings. The van der Waals surface area contributed by atoms with Crippen molar-refractivity contribution >= 4 is 23.2 Å². The van der Waals surface area contributed by atoms with E-state index in [1.165, 1.54) is 19.3 Å². The number of carbonyl (C=O) groups is 1. The topological polar surface area (TPSA) is 81.6 Å². The first kappa shape index (κ1) is 21.2. The lowest BCUT2D eigenvalue weighted by atomic mass is 9.92. The zero-order valence-corrected chi connectivity index (χ0v) is 18.0. The molecule has 0 spiro atoms. The van der Waals surface area contributed by atoms with E-state index < -0.39 is 0 Å². The highest BCUT2D eigenvalue weighted by Crippen LogP contribution is 2.41. The summed E-state index contributed by atoms with van der Waals surface area (Å²) in [4.78, 5) is 14.3. The molecule has 30 heavy (non-hydrogen) atoms. The summed E-state index contributed by atoms with van der Waals surface area (Å²) >= 11 is 6.43.